The molecule has 124 valence electrons. The van der Waals surface area contributed by atoms with Crippen molar-refractivity contribution in [1.82, 2.24) is 4.98 Å². The van der Waals surface area contributed by atoms with E-state index in [2.05, 4.69) is 4.98 Å². The minimum absolute atomic E-state index is 0.257. The predicted molar refractivity (Wildman–Crippen MR) is 95.8 cm³/mol. The monoisotopic (exact) mass is 363 g/mol. The summed E-state index contributed by atoms with van der Waals surface area (Å²) < 4.78 is 5.84. The summed E-state index contributed by atoms with van der Waals surface area (Å²) in [6, 6.07) is 16.1. The summed E-state index contributed by atoms with van der Waals surface area (Å²) in [7, 11) is 0. The van der Waals surface area contributed by atoms with Gasteiger partial charge in [-0.05, 0) is 23.3 Å². The number of ether oxygens (including phenoxy) is 1. The molecule has 1 atom stereocenters. The van der Waals surface area contributed by atoms with E-state index in [0.717, 1.165) is 5.56 Å². The van der Waals surface area contributed by atoms with Crippen LogP contribution in [0.3, 0.4) is 0 Å². The van der Waals surface area contributed by atoms with Crippen molar-refractivity contribution in [2.45, 2.75) is 17.5 Å². The fourth-order valence-corrected chi connectivity index (χ4v) is 2.77. The van der Waals surface area contributed by atoms with Crippen molar-refractivity contribution in [3.8, 4) is 5.75 Å². The number of H-pyrrole nitrogens is 1. The number of benzene rings is 2. The van der Waals surface area contributed by atoms with Gasteiger partial charge in [-0.2, -0.15) is 0 Å². The maximum atomic E-state index is 11.7. The molecule has 0 bridgehead atoms. The summed E-state index contributed by atoms with van der Waals surface area (Å²) >= 11 is 11.6. The predicted octanol–water partition coefficient (Wildman–Crippen LogP) is 3.94. The first kappa shape index (κ1) is 16.8. The van der Waals surface area contributed by atoms with E-state index in [1.54, 1.807) is 18.2 Å². The zero-order valence-corrected chi connectivity index (χ0v) is 14.1. The molecule has 0 aliphatic heterocycles. The molecule has 2 N–H and O–H groups in total. The number of aromatic nitrogens is 1. The molecule has 0 aliphatic rings. The van der Waals surface area contributed by atoms with E-state index in [1.165, 1.54) is 6.07 Å². The maximum Gasteiger partial charge on any atom is 0.248 e. The maximum absolute atomic E-state index is 11.7. The molecule has 0 saturated heterocycles. The first-order valence-electron chi connectivity index (χ1n) is 7.35. The van der Waals surface area contributed by atoms with Crippen molar-refractivity contribution < 1.29 is 9.84 Å². The Morgan fingerprint density at radius 1 is 1.04 bits per heavy atom. The summed E-state index contributed by atoms with van der Waals surface area (Å²) in [6.07, 6.45) is -1.06. The molecule has 4 nitrogen and oxygen atoms in total. The van der Waals surface area contributed by atoms with Crippen molar-refractivity contribution >= 4 is 34.1 Å². The van der Waals surface area contributed by atoms with Gasteiger partial charge < -0.3 is 14.8 Å². The van der Waals surface area contributed by atoms with Gasteiger partial charge in [-0.1, -0.05) is 36.4 Å². The fraction of sp³-hybridized carbons (Fsp3) is 0.167. The van der Waals surface area contributed by atoms with E-state index < -0.39 is 10.9 Å². The number of nitrogens with one attached hydrogen (secondary N) is 1. The highest BCUT2D eigenvalue weighted by molar-refractivity contribution is 6.44. The number of pyridine rings is 1. The second-order valence-electron chi connectivity index (χ2n) is 5.32. The average Bonchev–Trinajstić information content (AvgIpc) is 2.59. The minimum atomic E-state index is -1.06. The van der Waals surface area contributed by atoms with Crippen LogP contribution >= 0.6 is 23.2 Å². The first-order valence-corrected chi connectivity index (χ1v) is 8.22. The van der Waals surface area contributed by atoms with E-state index in [0.29, 0.717) is 28.8 Å². The van der Waals surface area contributed by atoms with Gasteiger partial charge in [-0.25, -0.2) is 0 Å². The first-order chi connectivity index (χ1) is 11.6. The Kier molecular flexibility index (Phi) is 5.09. The number of halogens is 2. The van der Waals surface area contributed by atoms with Crippen LogP contribution in [-0.4, -0.2) is 14.9 Å². The number of alkyl halides is 2. The molecule has 1 unspecified atom stereocenters. The fourth-order valence-electron chi connectivity index (χ4n) is 2.50. The SMILES string of the molecule is O=c1ccc2c(C(O)C(Cl)Cl)ccc(OCc3ccccc3)c2[nH]1. The number of aliphatic hydroxyl groups excluding tert-OH is 1. The molecule has 0 radical (unpaired) electrons. The smallest absolute Gasteiger partial charge is 0.248 e. The van der Waals surface area contributed by atoms with Crippen molar-refractivity contribution in [2.75, 3.05) is 0 Å². The Bertz CT molecular complexity index is 894. The Labute approximate surface area is 148 Å². The van der Waals surface area contributed by atoms with Crippen molar-refractivity contribution in [3.05, 3.63) is 76.1 Å². The largest absolute Gasteiger partial charge is 0.487 e. The van der Waals surface area contributed by atoms with Gasteiger partial charge >= 0.3 is 0 Å². The number of aromatic amines is 1. The molecule has 0 fully saturated rings. The lowest BCUT2D eigenvalue weighted by atomic mass is 10.0. The quantitative estimate of drug-likeness (QED) is 0.674. The average molecular weight is 364 g/mol. The van der Waals surface area contributed by atoms with Crippen LogP contribution in [0.2, 0.25) is 0 Å². The molecule has 3 rings (SSSR count). The molecule has 1 aromatic heterocycles. The molecule has 24 heavy (non-hydrogen) atoms. The van der Waals surface area contributed by atoms with Crippen LogP contribution in [0.5, 0.6) is 5.75 Å². The number of aliphatic hydroxyl groups is 1. The van der Waals surface area contributed by atoms with Gasteiger partial charge in [0.15, 0.2) is 0 Å². The zero-order valence-electron chi connectivity index (χ0n) is 12.6. The number of rotatable bonds is 5. The number of hydrogen-bond donors (Lipinski definition) is 2. The molecule has 2 aromatic carbocycles. The lowest BCUT2D eigenvalue weighted by Crippen LogP contribution is -2.10. The Morgan fingerprint density at radius 2 is 1.79 bits per heavy atom. The summed E-state index contributed by atoms with van der Waals surface area (Å²) in [6.45, 7) is 0.363. The van der Waals surface area contributed by atoms with Gasteiger partial charge in [0, 0.05) is 11.5 Å². The van der Waals surface area contributed by atoms with Crippen LogP contribution in [-0.2, 0) is 6.61 Å². The molecule has 6 heteroatoms. The van der Waals surface area contributed by atoms with E-state index in [-0.39, 0.29) is 5.56 Å². The molecule has 1 heterocycles. The number of hydrogen-bond acceptors (Lipinski definition) is 3. The van der Waals surface area contributed by atoms with Crippen LogP contribution in [0.1, 0.15) is 17.2 Å². The van der Waals surface area contributed by atoms with Gasteiger partial charge in [0.05, 0.1) is 5.52 Å². The van der Waals surface area contributed by atoms with E-state index in [9.17, 15) is 9.90 Å². The van der Waals surface area contributed by atoms with Gasteiger partial charge in [-0.3, -0.25) is 4.79 Å². The highest BCUT2D eigenvalue weighted by Crippen LogP contribution is 2.33. The Balaban J connectivity index is 2.01. The molecular weight excluding hydrogens is 349 g/mol. The summed E-state index contributed by atoms with van der Waals surface area (Å²) in [4.78, 5) is 13.5. The van der Waals surface area contributed by atoms with Crippen LogP contribution in [0.15, 0.2) is 59.4 Å². The highest BCUT2D eigenvalue weighted by Gasteiger charge is 2.20. The molecule has 3 aromatic rings. The third-order valence-corrected chi connectivity index (χ3v) is 4.16. The second kappa shape index (κ2) is 7.26. The van der Waals surface area contributed by atoms with Crippen LogP contribution in [0.4, 0.5) is 0 Å². The van der Waals surface area contributed by atoms with Crippen molar-refractivity contribution in [2.24, 2.45) is 0 Å². The van der Waals surface area contributed by atoms with E-state index in [1.807, 2.05) is 30.3 Å². The summed E-state index contributed by atoms with van der Waals surface area (Å²) in [5.74, 6) is 0.517. The normalized spacial score (nSPS) is 12.5. The van der Waals surface area contributed by atoms with Crippen LogP contribution < -0.4 is 10.3 Å². The molecule has 0 amide bonds. The zero-order chi connectivity index (χ0) is 17.1. The van der Waals surface area contributed by atoms with Gasteiger partial charge in [-0.15, -0.1) is 23.2 Å². The summed E-state index contributed by atoms with van der Waals surface area (Å²) in [5.41, 5.74) is 1.79. The second-order valence-corrected chi connectivity index (χ2v) is 6.48. The van der Waals surface area contributed by atoms with Gasteiger partial charge in [0.2, 0.25) is 5.56 Å². The van der Waals surface area contributed by atoms with E-state index >= 15 is 0 Å². The topological polar surface area (TPSA) is 62.3 Å². The van der Waals surface area contributed by atoms with Crippen molar-refractivity contribution in [1.29, 1.82) is 0 Å². The Morgan fingerprint density at radius 3 is 2.50 bits per heavy atom. The van der Waals surface area contributed by atoms with Crippen molar-refractivity contribution in [3.63, 3.8) is 0 Å². The minimum Gasteiger partial charge on any atom is -0.487 e. The lowest BCUT2D eigenvalue weighted by Gasteiger charge is -2.16. The number of fused-ring (bicyclic) bond motifs is 1. The highest BCUT2D eigenvalue weighted by atomic mass is 35.5. The molecule has 0 saturated carbocycles. The molecular formula is C18H15Cl2NO3. The standard InChI is InChI=1S/C18H15Cl2NO3/c19-18(20)17(23)13-6-8-14(16-12(13)7-9-15(22)21-16)24-10-11-4-2-1-3-5-11/h1-9,17-18,23H,10H2,(H,21,22). The molecule has 0 aliphatic carbocycles. The Hall–Kier alpha value is -2.01. The third-order valence-electron chi connectivity index (χ3n) is 3.69. The van der Waals surface area contributed by atoms with Crippen LogP contribution in [0.25, 0.3) is 10.9 Å². The van der Waals surface area contributed by atoms with Crippen LogP contribution in [0, 0.1) is 0 Å². The lowest BCUT2D eigenvalue weighted by molar-refractivity contribution is 0.194. The summed E-state index contributed by atoms with van der Waals surface area (Å²) in [5, 5.41) is 10.8. The van der Waals surface area contributed by atoms with Gasteiger partial charge in [0.1, 0.15) is 23.3 Å². The van der Waals surface area contributed by atoms with Gasteiger partial charge in [0.25, 0.3) is 0 Å². The molecule has 0 spiro atoms. The van der Waals surface area contributed by atoms with E-state index in [4.69, 9.17) is 27.9 Å². The third kappa shape index (κ3) is 3.56.